The van der Waals surface area contributed by atoms with Gasteiger partial charge in [-0.25, -0.2) is 4.39 Å². The first kappa shape index (κ1) is 14.1. The minimum absolute atomic E-state index is 0.0343. The number of ether oxygens (including phenoxy) is 1. The van der Waals surface area contributed by atoms with Crippen molar-refractivity contribution in [1.82, 2.24) is 0 Å². The quantitative estimate of drug-likeness (QED) is 0.509. The van der Waals surface area contributed by atoms with Crippen molar-refractivity contribution in [2.45, 2.75) is 12.8 Å². The number of anilines is 1. The van der Waals surface area contributed by atoms with Crippen LogP contribution in [0.1, 0.15) is 12.8 Å². The molecule has 3 nitrogen and oxygen atoms in total. The number of rotatable bonds is 5. The average Bonchev–Trinajstić information content (AvgIpc) is 2.31. The second-order valence-electron chi connectivity index (χ2n) is 3.36. The lowest BCUT2D eigenvalue weighted by Gasteiger charge is -2.07. The molecule has 0 aliphatic rings. The number of halogens is 3. The maximum atomic E-state index is 13.1. The topological polar surface area (TPSA) is 38.3 Å². The highest BCUT2D eigenvalue weighted by atomic mass is 35.5. The molecule has 0 unspecified atom stereocenters. The van der Waals surface area contributed by atoms with Gasteiger partial charge in [-0.2, -0.15) is 0 Å². The third kappa shape index (κ3) is 4.40. The predicted molar refractivity (Wildman–Crippen MR) is 66.2 cm³/mol. The summed E-state index contributed by atoms with van der Waals surface area (Å²) >= 11 is 11.3. The highest BCUT2D eigenvalue weighted by Gasteiger charge is 2.07. The van der Waals surface area contributed by atoms with E-state index >= 15 is 0 Å². The molecule has 0 aliphatic carbocycles. The van der Waals surface area contributed by atoms with E-state index in [2.05, 4.69) is 10.1 Å². The van der Waals surface area contributed by atoms with E-state index in [-0.39, 0.29) is 16.0 Å². The third-order valence-electron chi connectivity index (χ3n) is 2.10. The van der Waals surface area contributed by atoms with Crippen molar-refractivity contribution in [3.05, 3.63) is 28.0 Å². The summed E-state index contributed by atoms with van der Waals surface area (Å²) in [5.41, 5.74) is 0.617. The van der Waals surface area contributed by atoms with E-state index in [0.717, 1.165) is 0 Å². The van der Waals surface area contributed by atoms with Crippen molar-refractivity contribution >= 4 is 34.9 Å². The smallest absolute Gasteiger partial charge is 0.305 e. The van der Waals surface area contributed by atoms with Gasteiger partial charge in [0.25, 0.3) is 0 Å². The number of esters is 1. The van der Waals surface area contributed by atoms with E-state index in [4.69, 9.17) is 23.2 Å². The molecule has 0 fully saturated rings. The SMILES string of the molecule is COC(=O)CCCNc1cc(Cl)c(F)c(Cl)c1. The van der Waals surface area contributed by atoms with Gasteiger partial charge < -0.3 is 10.1 Å². The summed E-state index contributed by atoms with van der Waals surface area (Å²) in [6.45, 7) is 0.549. The first-order valence-electron chi connectivity index (χ1n) is 5.00. The molecule has 1 aromatic rings. The fraction of sp³-hybridized carbons (Fsp3) is 0.364. The number of benzene rings is 1. The zero-order chi connectivity index (χ0) is 12.8. The van der Waals surface area contributed by atoms with Gasteiger partial charge in [0, 0.05) is 18.7 Å². The van der Waals surface area contributed by atoms with Crippen LogP contribution in [0, 0.1) is 5.82 Å². The fourth-order valence-electron chi connectivity index (χ4n) is 1.23. The molecule has 6 heteroatoms. The monoisotopic (exact) mass is 279 g/mol. The largest absolute Gasteiger partial charge is 0.469 e. The van der Waals surface area contributed by atoms with Crippen LogP contribution in [0.4, 0.5) is 10.1 Å². The van der Waals surface area contributed by atoms with Gasteiger partial charge in [-0.15, -0.1) is 0 Å². The molecule has 0 saturated heterocycles. The first-order valence-corrected chi connectivity index (χ1v) is 5.75. The van der Waals surface area contributed by atoms with Crippen LogP contribution in [0.25, 0.3) is 0 Å². The zero-order valence-electron chi connectivity index (χ0n) is 9.23. The Bertz CT molecular complexity index is 389. The van der Waals surface area contributed by atoms with Crippen molar-refractivity contribution in [2.75, 3.05) is 19.0 Å². The van der Waals surface area contributed by atoms with Crippen LogP contribution in [-0.4, -0.2) is 19.6 Å². The summed E-state index contributed by atoms with van der Waals surface area (Å²) in [4.78, 5) is 10.8. The molecule has 0 aromatic heterocycles. The Kier molecular flexibility index (Phi) is 5.51. The summed E-state index contributed by atoms with van der Waals surface area (Å²) in [6, 6.07) is 2.89. The maximum Gasteiger partial charge on any atom is 0.305 e. The highest BCUT2D eigenvalue weighted by molar-refractivity contribution is 6.35. The van der Waals surface area contributed by atoms with E-state index in [1.165, 1.54) is 19.2 Å². The summed E-state index contributed by atoms with van der Waals surface area (Å²) in [6.07, 6.45) is 0.936. The first-order chi connectivity index (χ1) is 8.04. The number of carbonyl (C=O) groups is 1. The molecule has 0 amide bonds. The number of hydrogen-bond donors (Lipinski definition) is 1. The molecule has 0 saturated carbocycles. The van der Waals surface area contributed by atoms with Crippen molar-refractivity contribution < 1.29 is 13.9 Å². The molecular formula is C11H12Cl2FNO2. The second-order valence-corrected chi connectivity index (χ2v) is 4.17. The van der Waals surface area contributed by atoms with Gasteiger partial charge >= 0.3 is 5.97 Å². The third-order valence-corrected chi connectivity index (χ3v) is 2.65. The highest BCUT2D eigenvalue weighted by Crippen LogP contribution is 2.27. The molecule has 1 rings (SSSR count). The van der Waals surface area contributed by atoms with Gasteiger partial charge in [0.15, 0.2) is 5.82 Å². The van der Waals surface area contributed by atoms with E-state index in [9.17, 15) is 9.18 Å². The van der Waals surface area contributed by atoms with E-state index in [1.807, 2.05) is 0 Å². The molecule has 0 aliphatic heterocycles. The lowest BCUT2D eigenvalue weighted by atomic mass is 10.2. The van der Waals surface area contributed by atoms with Gasteiger partial charge in [0.2, 0.25) is 0 Å². The molecule has 0 atom stereocenters. The summed E-state index contributed by atoms with van der Waals surface area (Å²) in [5.74, 6) is -0.893. The van der Waals surface area contributed by atoms with Crippen molar-refractivity contribution in [3.8, 4) is 0 Å². The molecular weight excluding hydrogens is 268 g/mol. The van der Waals surface area contributed by atoms with Gasteiger partial charge in [0.1, 0.15) is 0 Å². The van der Waals surface area contributed by atoms with Gasteiger partial charge in [-0.1, -0.05) is 23.2 Å². The Morgan fingerprint density at radius 1 is 1.41 bits per heavy atom. The number of carbonyl (C=O) groups excluding carboxylic acids is 1. The van der Waals surface area contributed by atoms with Crippen LogP contribution in [0.3, 0.4) is 0 Å². The Balaban J connectivity index is 2.45. The van der Waals surface area contributed by atoms with E-state index < -0.39 is 5.82 Å². The lowest BCUT2D eigenvalue weighted by molar-refractivity contribution is -0.140. The Labute approximate surface area is 109 Å². The molecule has 0 heterocycles. The fourth-order valence-corrected chi connectivity index (χ4v) is 1.71. The van der Waals surface area contributed by atoms with Crippen LogP contribution in [0.5, 0.6) is 0 Å². The summed E-state index contributed by atoms with van der Waals surface area (Å²) < 4.78 is 17.6. The molecule has 0 bridgehead atoms. The summed E-state index contributed by atoms with van der Waals surface area (Å²) in [7, 11) is 1.34. The lowest BCUT2D eigenvalue weighted by Crippen LogP contribution is -2.06. The minimum Gasteiger partial charge on any atom is -0.469 e. The van der Waals surface area contributed by atoms with Crippen molar-refractivity contribution in [1.29, 1.82) is 0 Å². The van der Waals surface area contributed by atoms with Crippen LogP contribution in [0.2, 0.25) is 10.0 Å². The molecule has 0 spiro atoms. The normalized spacial score (nSPS) is 10.1. The maximum absolute atomic E-state index is 13.1. The molecule has 1 aromatic carbocycles. The number of nitrogens with one attached hydrogen (secondary N) is 1. The van der Waals surface area contributed by atoms with Crippen LogP contribution < -0.4 is 5.32 Å². The van der Waals surface area contributed by atoms with E-state index in [1.54, 1.807) is 0 Å². The van der Waals surface area contributed by atoms with Crippen LogP contribution in [-0.2, 0) is 9.53 Å². The second kappa shape index (κ2) is 6.67. The van der Waals surface area contributed by atoms with Gasteiger partial charge in [-0.05, 0) is 18.6 Å². The van der Waals surface area contributed by atoms with Crippen molar-refractivity contribution in [2.24, 2.45) is 0 Å². The van der Waals surface area contributed by atoms with Crippen LogP contribution in [0.15, 0.2) is 12.1 Å². The predicted octanol–water partition coefficient (Wildman–Crippen LogP) is 3.50. The molecule has 0 radical (unpaired) electrons. The molecule has 94 valence electrons. The number of methoxy groups -OCH3 is 1. The van der Waals surface area contributed by atoms with Crippen molar-refractivity contribution in [3.63, 3.8) is 0 Å². The average molecular weight is 280 g/mol. The standard InChI is InChI=1S/C11H12Cl2FNO2/c1-17-10(16)3-2-4-15-7-5-8(12)11(14)9(13)6-7/h5-6,15H,2-4H2,1H3. The summed E-state index contributed by atoms with van der Waals surface area (Å²) in [5, 5.41) is 2.92. The zero-order valence-corrected chi connectivity index (χ0v) is 10.7. The van der Waals surface area contributed by atoms with E-state index in [0.29, 0.717) is 25.1 Å². The molecule has 17 heavy (non-hydrogen) atoms. The molecule has 1 N–H and O–H groups in total. The number of hydrogen-bond acceptors (Lipinski definition) is 3. The Hall–Kier alpha value is -1.00. The van der Waals surface area contributed by atoms with Crippen LogP contribution >= 0.6 is 23.2 Å². The Morgan fingerprint density at radius 3 is 2.53 bits per heavy atom. The van der Waals surface area contributed by atoms with Gasteiger partial charge in [0.05, 0.1) is 17.2 Å². The van der Waals surface area contributed by atoms with Gasteiger partial charge in [-0.3, -0.25) is 4.79 Å². The Morgan fingerprint density at radius 2 is 2.00 bits per heavy atom. The minimum atomic E-state index is -0.631.